The highest BCUT2D eigenvalue weighted by molar-refractivity contribution is 6.00. The molecule has 4 amide bonds. The molecule has 6 rings (SSSR count). The molecule has 4 atom stereocenters. The van der Waals surface area contributed by atoms with E-state index in [1.54, 1.807) is 18.9 Å². The summed E-state index contributed by atoms with van der Waals surface area (Å²) in [5, 5.41) is 15.4. The first-order chi connectivity index (χ1) is 21.5. The van der Waals surface area contributed by atoms with Crippen molar-refractivity contribution < 1.29 is 29.1 Å². The van der Waals surface area contributed by atoms with E-state index in [1.165, 1.54) is 9.13 Å². The molecule has 13 heteroatoms. The number of hydrogen-bond donors (Lipinski definition) is 3. The van der Waals surface area contributed by atoms with Gasteiger partial charge in [0, 0.05) is 50.7 Å². The molecule has 0 bridgehead atoms. The van der Waals surface area contributed by atoms with E-state index < -0.39 is 29.9 Å². The van der Waals surface area contributed by atoms with E-state index in [-0.39, 0.29) is 48.2 Å². The quantitative estimate of drug-likeness (QED) is 0.411. The van der Waals surface area contributed by atoms with Crippen molar-refractivity contribution in [3.05, 3.63) is 28.7 Å². The summed E-state index contributed by atoms with van der Waals surface area (Å²) in [6.07, 6.45) is 5.57. The molecule has 3 N–H and O–H groups in total. The number of benzene rings is 1. The molecule has 4 aliphatic rings. The molecule has 1 aromatic carbocycles. The van der Waals surface area contributed by atoms with Gasteiger partial charge in [0.2, 0.25) is 23.6 Å². The van der Waals surface area contributed by atoms with Gasteiger partial charge in [-0.1, -0.05) is 6.92 Å². The normalized spacial score (nSPS) is 29.2. The lowest BCUT2D eigenvalue weighted by molar-refractivity contribution is -0.154. The standard InChI is InChI=1S/C32H42N6O7/c1-18-17-36(14-13-22-8-10-25(31(43)44)37(22)29(18)41)30(42)20-5-3-19(4-6-20)16-33-21-7-9-23-26(15-21)35(2)32(45)38(23)24-11-12-27(39)34-28(24)40/h7,9,15,18-20,22,24-25,33H,3-6,8,10-14,16-17H2,1-2H3,(H,43,44)(H,34,39,40)/t18-,19-,20-,22+,24?,25-/m0/s1. The van der Waals surface area contributed by atoms with E-state index in [9.17, 15) is 33.9 Å². The number of rotatable bonds is 6. The van der Waals surface area contributed by atoms with Crippen molar-refractivity contribution in [1.29, 1.82) is 0 Å². The summed E-state index contributed by atoms with van der Waals surface area (Å²) >= 11 is 0. The lowest BCUT2D eigenvalue weighted by atomic mass is 9.81. The van der Waals surface area contributed by atoms with Crippen LogP contribution in [0.3, 0.4) is 0 Å². The number of carbonyl (C=O) groups excluding carboxylic acids is 4. The van der Waals surface area contributed by atoms with Gasteiger partial charge in [-0.2, -0.15) is 0 Å². The summed E-state index contributed by atoms with van der Waals surface area (Å²) in [4.78, 5) is 79.0. The van der Waals surface area contributed by atoms with Gasteiger partial charge in [0.1, 0.15) is 12.1 Å². The number of aliphatic carboxylic acids is 1. The average Bonchev–Trinajstić information content (AvgIpc) is 3.55. The fraction of sp³-hybridized carbons (Fsp3) is 0.625. The molecule has 1 saturated carbocycles. The number of hydrogen-bond acceptors (Lipinski definition) is 7. The number of nitrogens with one attached hydrogen (secondary N) is 2. The molecular weight excluding hydrogens is 580 g/mol. The molecule has 13 nitrogen and oxygen atoms in total. The molecule has 0 radical (unpaired) electrons. The molecular formula is C32H42N6O7. The molecule has 0 spiro atoms. The number of aryl methyl sites for hydroxylation is 1. The maximum absolute atomic E-state index is 13.6. The van der Waals surface area contributed by atoms with Crippen molar-refractivity contribution in [3.63, 3.8) is 0 Å². The Balaban J connectivity index is 1.04. The molecule has 3 saturated heterocycles. The molecule has 1 aromatic heterocycles. The van der Waals surface area contributed by atoms with Gasteiger partial charge in [0.15, 0.2) is 0 Å². The number of fused-ring (bicyclic) bond motifs is 2. The number of nitrogens with zero attached hydrogens (tertiary/aromatic N) is 4. The van der Waals surface area contributed by atoms with Crippen molar-refractivity contribution >= 4 is 46.3 Å². The van der Waals surface area contributed by atoms with Crippen molar-refractivity contribution in [3.8, 4) is 0 Å². The van der Waals surface area contributed by atoms with Crippen LogP contribution in [0.1, 0.15) is 70.8 Å². The summed E-state index contributed by atoms with van der Waals surface area (Å²) in [5.74, 6) is -1.92. The summed E-state index contributed by atoms with van der Waals surface area (Å²) in [6, 6.07) is 4.02. The molecule has 2 aromatic rings. The third-order valence-electron chi connectivity index (χ3n) is 10.4. The van der Waals surface area contributed by atoms with Crippen LogP contribution < -0.4 is 16.3 Å². The lowest BCUT2D eigenvalue weighted by Gasteiger charge is -2.39. The largest absolute Gasteiger partial charge is 0.480 e. The van der Waals surface area contributed by atoms with E-state index in [0.717, 1.165) is 37.9 Å². The SMILES string of the molecule is C[C@H]1CN(C(=O)[C@H]2CC[C@H](CNc3ccc4c(c3)n(C)c(=O)n4C3CCC(=O)NC3=O)CC2)CC[C@H]2CC[C@@H](C(=O)O)N2C1=O. The Morgan fingerprint density at radius 2 is 1.73 bits per heavy atom. The molecule has 4 heterocycles. The minimum atomic E-state index is -0.951. The average molecular weight is 623 g/mol. The van der Waals surface area contributed by atoms with Gasteiger partial charge in [-0.15, -0.1) is 0 Å². The zero-order chi connectivity index (χ0) is 32.0. The predicted molar refractivity (Wildman–Crippen MR) is 164 cm³/mol. The van der Waals surface area contributed by atoms with Crippen LogP contribution in [0.15, 0.2) is 23.0 Å². The highest BCUT2D eigenvalue weighted by Crippen LogP contribution is 2.34. The van der Waals surface area contributed by atoms with Crippen molar-refractivity contribution in [2.75, 3.05) is 25.0 Å². The third-order valence-corrected chi connectivity index (χ3v) is 10.4. The van der Waals surface area contributed by atoms with Crippen molar-refractivity contribution in [1.82, 2.24) is 24.3 Å². The summed E-state index contributed by atoms with van der Waals surface area (Å²) in [5.41, 5.74) is 1.90. The minimum absolute atomic E-state index is 0.0765. The predicted octanol–water partition coefficient (Wildman–Crippen LogP) is 1.85. The molecule has 3 aliphatic heterocycles. The zero-order valence-corrected chi connectivity index (χ0v) is 25.9. The second kappa shape index (κ2) is 12.3. The monoisotopic (exact) mass is 622 g/mol. The molecule has 4 fully saturated rings. The zero-order valence-electron chi connectivity index (χ0n) is 25.9. The van der Waals surface area contributed by atoms with Crippen molar-refractivity contribution in [2.24, 2.45) is 24.8 Å². The number of carboxylic acid groups (broad SMARTS) is 1. The minimum Gasteiger partial charge on any atom is -0.480 e. The first kappa shape index (κ1) is 30.8. The van der Waals surface area contributed by atoms with Crippen LogP contribution in [0.4, 0.5) is 5.69 Å². The first-order valence-corrected chi connectivity index (χ1v) is 16.2. The number of aromatic nitrogens is 2. The van der Waals surface area contributed by atoms with E-state index >= 15 is 0 Å². The Morgan fingerprint density at radius 1 is 0.978 bits per heavy atom. The number of imide groups is 1. The lowest BCUT2D eigenvalue weighted by Crippen LogP contribution is -2.53. The molecule has 1 unspecified atom stereocenters. The van der Waals surface area contributed by atoms with Crippen LogP contribution in [0.25, 0.3) is 11.0 Å². The van der Waals surface area contributed by atoms with Crippen LogP contribution >= 0.6 is 0 Å². The van der Waals surface area contributed by atoms with E-state index in [2.05, 4.69) is 10.6 Å². The van der Waals surface area contributed by atoms with Crippen LogP contribution in [0, 0.1) is 17.8 Å². The number of carbonyl (C=O) groups is 5. The number of piperidine rings is 1. The maximum Gasteiger partial charge on any atom is 0.329 e. The number of amides is 4. The summed E-state index contributed by atoms with van der Waals surface area (Å²) in [6.45, 7) is 3.39. The Bertz CT molecular complexity index is 1590. The van der Waals surface area contributed by atoms with Crippen LogP contribution in [0.5, 0.6) is 0 Å². The van der Waals surface area contributed by atoms with Gasteiger partial charge in [-0.05, 0) is 75.5 Å². The van der Waals surface area contributed by atoms with Gasteiger partial charge in [-0.3, -0.25) is 33.6 Å². The fourth-order valence-electron chi connectivity index (χ4n) is 7.84. The Morgan fingerprint density at radius 3 is 2.44 bits per heavy atom. The van der Waals surface area contributed by atoms with Gasteiger partial charge in [0.25, 0.3) is 0 Å². The Labute approximate surface area is 260 Å². The molecule has 242 valence electrons. The fourth-order valence-corrected chi connectivity index (χ4v) is 7.84. The molecule has 1 aliphatic carbocycles. The topological polar surface area (TPSA) is 163 Å². The summed E-state index contributed by atoms with van der Waals surface area (Å²) in [7, 11) is 1.67. The molecule has 45 heavy (non-hydrogen) atoms. The van der Waals surface area contributed by atoms with E-state index in [4.69, 9.17) is 0 Å². The van der Waals surface area contributed by atoms with Gasteiger partial charge in [0.05, 0.1) is 17.0 Å². The number of imidazole rings is 1. The Hall–Kier alpha value is -4.16. The smallest absolute Gasteiger partial charge is 0.329 e. The van der Waals surface area contributed by atoms with Gasteiger partial charge in [-0.25, -0.2) is 9.59 Å². The van der Waals surface area contributed by atoms with E-state index in [1.807, 2.05) is 23.1 Å². The van der Waals surface area contributed by atoms with Crippen molar-refractivity contribution in [2.45, 2.75) is 82.8 Å². The van der Waals surface area contributed by atoms with Crippen LogP contribution in [-0.2, 0) is 31.0 Å². The van der Waals surface area contributed by atoms with E-state index in [0.29, 0.717) is 49.3 Å². The number of carboxylic acids is 1. The number of anilines is 1. The highest BCUT2D eigenvalue weighted by atomic mass is 16.4. The second-order valence-electron chi connectivity index (χ2n) is 13.3. The highest BCUT2D eigenvalue weighted by Gasteiger charge is 2.44. The maximum atomic E-state index is 13.6. The second-order valence-corrected chi connectivity index (χ2v) is 13.3. The van der Waals surface area contributed by atoms with Crippen LogP contribution in [0.2, 0.25) is 0 Å². The summed E-state index contributed by atoms with van der Waals surface area (Å²) < 4.78 is 2.99. The van der Waals surface area contributed by atoms with Gasteiger partial charge >= 0.3 is 11.7 Å². The first-order valence-electron chi connectivity index (χ1n) is 16.2. The third kappa shape index (κ3) is 5.84. The van der Waals surface area contributed by atoms with Gasteiger partial charge < -0.3 is 20.2 Å². The van der Waals surface area contributed by atoms with Crippen LogP contribution in [-0.4, -0.2) is 85.4 Å². The Kier molecular flexibility index (Phi) is 8.45.